The van der Waals surface area contributed by atoms with Gasteiger partial charge >= 0.3 is 0 Å². The Balaban J connectivity index is 1.89. The van der Waals surface area contributed by atoms with Crippen molar-refractivity contribution in [1.29, 1.82) is 0 Å². The summed E-state index contributed by atoms with van der Waals surface area (Å²) >= 11 is 6.56. The predicted octanol–water partition coefficient (Wildman–Crippen LogP) is 4.40. The lowest BCUT2D eigenvalue weighted by Gasteiger charge is -2.54. The molecule has 126 valence electrons. The maximum Gasteiger partial charge on any atom is 0.157 e. The molecule has 0 radical (unpaired) electrons. The fourth-order valence-corrected chi connectivity index (χ4v) is 4.93. The molecule has 2 N–H and O–H groups in total. The zero-order valence-electron chi connectivity index (χ0n) is 13.8. The van der Waals surface area contributed by atoms with E-state index in [2.05, 4.69) is 24.1 Å². The van der Waals surface area contributed by atoms with E-state index in [4.69, 9.17) is 11.6 Å². The Labute approximate surface area is 147 Å². The fraction of sp³-hybridized carbons (Fsp3) is 0.400. The van der Waals surface area contributed by atoms with E-state index in [1.165, 1.54) is 12.0 Å². The second-order valence-electron chi connectivity index (χ2n) is 7.16. The van der Waals surface area contributed by atoms with Gasteiger partial charge in [0.1, 0.15) is 0 Å². The van der Waals surface area contributed by atoms with Gasteiger partial charge in [-0.1, -0.05) is 36.2 Å². The first kappa shape index (κ1) is 15.8. The first-order valence-electron chi connectivity index (χ1n) is 8.53. The third-order valence-corrected chi connectivity index (χ3v) is 6.21. The van der Waals surface area contributed by atoms with Crippen molar-refractivity contribution in [2.75, 3.05) is 13.6 Å². The monoisotopic (exact) mass is 343 g/mol. The van der Waals surface area contributed by atoms with Crippen molar-refractivity contribution >= 4 is 11.6 Å². The highest BCUT2D eigenvalue weighted by molar-refractivity contribution is 6.31. The molecule has 4 rings (SSSR count). The molecular formula is C20H22ClNO2. The van der Waals surface area contributed by atoms with Gasteiger partial charge in [0.25, 0.3) is 0 Å². The Morgan fingerprint density at radius 2 is 1.83 bits per heavy atom. The molecule has 4 heteroatoms. The highest BCUT2D eigenvalue weighted by atomic mass is 35.5. The molecule has 1 heterocycles. The lowest BCUT2D eigenvalue weighted by molar-refractivity contribution is 0.0715. The number of phenols is 2. The number of hydrogen-bond donors (Lipinski definition) is 2. The lowest BCUT2D eigenvalue weighted by Crippen LogP contribution is -2.50. The summed E-state index contributed by atoms with van der Waals surface area (Å²) < 4.78 is 0. The molecule has 0 bridgehead atoms. The standard InChI is InChI=1S/C20H22ClNO2/c1-22-10-7-13-11-17(23)18(24)12-14(13)19(22)20(8-4-9-20)15-5-2-3-6-16(15)21/h2-3,5-6,11-12,19,23-24H,4,7-10H2,1H3. The van der Waals surface area contributed by atoms with E-state index < -0.39 is 0 Å². The summed E-state index contributed by atoms with van der Waals surface area (Å²) in [5.41, 5.74) is 3.44. The maximum absolute atomic E-state index is 10.1. The van der Waals surface area contributed by atoms with Crippen LogP contribution in [0.25, 0.3) is 0 Å². The Bertz CT molecular complexity index is 785. The highest BCUT2D eigenvalue weighted by Crippen LogP contribution is 2.57. The van der Waals surface area contributed by atoms with Crippen LogP contribution in [0.4, 0.5) is 0 Å². The summed E-state index contributed by atoms with van der Waals surface area (Å²) in [6.07, 6.45) is 4.25. The van der Waals surface area contributed by atoms with Crippen molar-refractivity contribution in [1.82, 2.24) is 4.90 Å². The second kappa shape index (κ2) is 5.68. The van der Waals surface area contributed by atoms with Crippen LogP contribution in [0, 0.1) is 0 Å². The number of likely N-dealkylation sites (N-methyl/N-ethyl adjacent to an activating group) is 1. The number of hydrogen-bond acceptors (Lipinski definition) is 3. The molecule has 2 aliphatic rings. The van der Waals surface area contributed by atoms with Crippen molar-refractivity contribution in [3.05, 3.63) is 58.1 Å². The zero-order chi connectivity index (χ0) is 16.9. The molecule has 0 saturated heterocycles. The van der Waals surface area contributed by atoms with E-state index in [1.54, 1.807) is 12.1 Å². The van der Waals surface area contributed by atoms with Crippen LogP contribution in [0.5, 0.6) is 11.5 Å². The minimum atomic E-state index is -0.0392. The quantitative estimate of drug-likeness (QED) is 0.794. The van der Waals surface area contributed by atoms with Crippen LogP contribution >= 0.6 is 11.6 Å². The van der Waals surface area contributed by atoms with E-state index in [1.807, 2.05) is 12.1 Å². The molecule has 1 fully saturated rings. The third kappa shape index (κ3) is 2.22. The third-order valence-electron chi connectivity index (χ3n) is 5.89. The predicted molar refractivity (Wildman–Crippen MR) is 95.8 cm³/mol. The van der Waals surface area contributed by atoms with E-state index >= 15 is 0 Å². The van der Waals surface area contributed by atoms with Crippen molar-refractivity contribution in [2.45, 2.75) is 37.1 Å². The molecular weight excluding hydrogens is 322 g/mol. The Kier molecular flexibility index (Phi) is 3.74. The van der Waals surface area contributed by atoms with Gasteiger partial charge in [0.05, 0.1) is 0 Å². The average Bonchev–Trinajstić information content (AvgIpc) is 2.52. The van der Waals surface area contributed by atoms with Crippen molar-refractivity contribution < 1.29 is 10.2 Å². The number of halogens is 1. The molecule has 3 nitrogen and oxygen atoms in total. The molecule has 2 aromatic rings. The maximum atomic E-state index is 10.1. The van der Waals surface area contributed by atoms with Crippen LogP contribution in [0.1, 0.15) is 42.0 Å². The zero-order valence-corrected chi connectivity index (χ0v) is 14.6. The van der Waals surface area contributed by atoms with E-state index in [-0.39, 0.29) is 23.0 Å². The van der Waals surface area contributed by atoms with Crippen LogP contribution in [0.2, 0.25) is 5.02 Å². The molecule has 1 saturated carbocycles. The molecule has 2 aromatic carbocycles. The largest absolute Gasteiger partial charge is 0.504 e. The normalized spacial score (nSPS) is 22.7. The summed E-state index contributed by atoms with van der Waals surface area (Å²) in [6, 6.07) is 11.8. The van der Waals surface area contributed by atoms with Gasteiger partial charge in [-0.25, -0.2) is 0 Å². The number of phenolic OH excluding ortho intramolecular Hbond substituents is 2. The molecule has 0 amide bonds. The van der Waals surface area contributed by atoms with E-state index in [9.17, 15) is 10.2 Å². The fourth-order valence-electron chi connectivity index (χ4n) is 4.60. The second-order valence-corrected chi connectivity index (χ2v) is 7.57. The SMILES string of the molecule is CN1CCc2cc(O)c(O)cc2C1C1(c2ccccc2Cl)CCC1. The Morgan fingerprint density at radius 1 is 1.12 bits per heavy atom. The Hall–Kier alpha value is -1.71. The summed E-state index contributed by atoms with van der Waals surface area (Å²) in [4.78, 5) is 2.38. The van der Waals surface area contributed by atoms with Gasteiger partial charge in [0, 0.05) is 23.0 Å². The van der Waals surface area contributed by atoms with Gasteiger partial charge in [-0.05, 0) is 61.2 Å². The van der Waals surface area contributed by atoms with E-state index in [0.29, 0.717) is 0 Å². The lowest BCUT2D eigenvalue weighted by atomic mass is 9.57. The summed E-state index contributed by atoms with van der Waals surface area (Å²) in [5, 5.41) is 20.8. The van der Waals surface area contributed by atoms with Crippen molar-refractivity contribution in [3.8, 4) is 11.5 Å². The van der Waals surface area contributed by atoms with Crippen LogP contribution in [0.3, 0.4) is 0 Å². The van der Waals surface area contributed by atoms with Crippen LogP contribution in [-0.4, -0.2) is 28.7 Å². The smallest absolute Gasteiger partial charge is 0.157 e. The number of nitrogens with zero attached hydrogens (tertiary/aromatic N) is 1. The van der Waals surface area contributed by atoms with Crippen LogP contribution in [0.15, 0.2) is 36.4 Å². The van der Waals surface area contributed by atoms with Gasteiger partial charge in [-0.3, -0.25) is 4.90 Å². The van der Waals surface area contributed by atoms with Gasteiger partial charge in [-0.15, -0.1) is 0 Å². The summed E-state index contributed by atoms with van der Waals surface area (Å²) in [5.74, 6) is -0.0693. The Morgan fingerprint density at radius 3 is 2.50 bits per heavy atom. The van der Waals surface area contributed by atoms with Crippen molar-refractivity contribution in [3.63, 3.8) is 0 Å². The molecule has 1 unspecified atom stereocenters. The topological polar surface area (TPSA) is 43.7 Å². The highest BCUT2D eigenvalue weighted by Gasteiger charge is 2.50. The molecule has 1 atom stereocenters. The number of benzene rings is 2. The number of rotatable bonds is 2. The van der Waals surface area contributed by atoms with Crippen LogP contribution < -0.4 is 0 Å². The minimum Gasteiger partial charge on any atom is -0.504 e. The minimum absolute atomic E-state index is 0.0221. The molecule has 0 spiro atoms. The summed E-state index contributed by atoms with van der Waals surface area (Å²) in [7, 11) is 2.15. The van der Waals surface area contributed by atoms with Gasteiger partial charge in [0.2, 0.25) is 0 Å². The average molecular weight is 344 g/mol. The molecule has 24 heavy (non-hydrogen) atoms. The molecule has 1 aliphatic heterocycles. The molecule has 1 aliphatic carbocycles. The van der Waals surface area contributed by atoms with Gasteiger partial charge < -0.3 is 10.2 Å². The van der Waals surface area contributed by atoms with Gasteiger partial charge in [0.15, 0.2) is 11.5 Å². The first-order valence-corrected chi connectivity index (χ1v) is 8.91. The van der Waals surface area contributed by atoms with E-state index in [0.717, 1.165) is 42.0 Å². The first-order chi connectivity index (χ1) is 11.5. The van der Waals surface area contributed by atoms with Crippen molar-refractivity contribution in [2.24, 2.45) is 0 Å². The van der Waals surface area contributed by atoms with Gasteiger partial charge in [-0.2, -0.15) is 0 Å². The number of aromatic hydroxyl groups is 2. The summed E-state index contributed by atoms with van der Waals surface area (Å²) in [6.45, 7) is 0.939. The number of fused-ring (bicyclic) bond motifs is 1. The molecule has 0 aromatic heterocycles. The van der Waals surface area contributed by atoms with Crippen LogP contribution in [-0.2, 0) is 11.8 Å².